The van der Waals surface area contributed by atoms with Crippen LogP contribution in [0.1, 0.15) is 21.7 Å². The average molecular weight is 275 g/mol. The molecular formula is C14H17N3O3. The Morgan fingerprint density at radius 3 is 2.90 bits per heavy atom. The summed E-state index contributed by atoms with van der Waals surface area (Å²) in [5.74, 6) is 0.243. The van der Waals surface area contributed by atoms with Gasteiger partial charge >= 0.3 is 5.97 Å². The van der Waals surface area contributed by atoms with Crippen LogP contribution in [0.4, 0.5) is 0 Å². The predicted molar refractivity (Wildman–Crippen MR) is 73.5 cm³/mol. The second kappa shape index (κ2) is 6.72. The maximum atomic E-state index is 11.3. The van der Waals surface area contributed by atoms with Gasteiger partial charge < -0.3 is 19.8 Å². The number of aromatic amines is 1. The molecule has 0 saturated heterocycles. The zero-order valence-electron chi connectivity index (χ0n) is 11.5. The van der Waals surface area contributed by atoms with Gasteiger partial charge in [-0.3, -0.25) is 0 Å². The maximum Gasteiger partial charge on any atom is 0.354 e. The molecule has 0 unspecified atom stereocenters. The van der Waals surface area contributed by atoms with Crippen LogP contribution in [0.3, 0.4) is 0 Å². The van der Waals surface area contributed by atoms with E-state index in [0.717, 1.165) is 11.3 Å². The van der Waals surface area contributed by atoms with Gasteiger partial charge in [-0.1, -0.05) is 6.07 Å². The van der Waals surface area contributed by atoms with Gasteiger partial charge in [0.1, 0.15) is 5.69 Å². The molecule has 0 saturated carbocycles. The monoisotopic (exact) mass is 275 g/mol. The van der Waals surface area contributed by atoms with E-state index in [1.165, 1.54) is 7.11 Å². The van der Waals surface area contributed by atoms with Gasteiger partial charge in [-0.2, -0.15) is 0 Å². The topological polar surface area (TPSA) is 76.2 Å². The number of aromatic nitrogens is 2. The van der Waals surface area contributed by atoms with Crippen molar-refractivity contribution >= 4 is 5.97 Å². The summed E-state index contributed by atoms with van der Waals surface area (Å²) >= 11 is 0. The number of carbonyl (C=O) groups is 1. The molecule has 6 nitrogen and oxygen atoms in total. The Hall–Kier alpha value is -2.34. The highest BCUT2D eigenvalue weighted by Crippen LogP contribution is 2.13. The number of rotatable bonds is 6. The molecule has 0 radical (unpaired) electrons. The summed E-state index contributed by atoms with van der Waals surface area (Å²) in [6.07, 6.45) is 1.69. The first-order valence-corrected chi connectivity index (χ1v) is 6.19. The second-order valence-corrected chi connectivity index (χ2v) is 4.16. The number of H-pyrrole nitrogens is 1. The molecule has 0 bridgehead atoms. The fourth-order valence-electron chi connectivity index (χ4n) is 1.85. The number of carbonyl (C=O) groups excluding carboxylic acids is 1. The molecule has 0 aliphatic rings. The third kappa shape index (κ3) is 3.36. The summed E-state index contributed by atoms with van der Waals surface area (Å²) in [5.41, 5.74) is 2.34. The fraction of sp³-hybridized carbons (Fsp3) is 0.286. The number of ether oxygens (including phenoxy) is 2. The molecule has 2 N–H and O–H groups in total. The van der Waals surface area contributed by atoms with Crippen molar-refractivity contribution in [3.05, 3.63) is 47.4 Å². The number of esters is 1. The molecule has 0 fully saturated rings. The minimum Gasteiger partial charge on any atom is -0.481 e. The molecule has 2 rings (SSSR count). The molecule has 0 aliphatic heterocycles. The summed E-state index contributed by atoms with van der Waals surface area (Å²) in [4.78, 5) is 18.4. The molecular weight excluding hydrogens is 258 g/mol. The largest absolute Gasteiger partial charge is 0.481 e. The molecule has 0 atom stereocenters. The lowest BCUT2D eigenvalue weighted by Gasteiger charge is -2.07. The lowest BCUT2D eigenvalue weighted by molar-refractivity contribution is 0.0594. The summed E-state index contributed by atoms with van der Waals surface area (Å²) in [5, 5.41) is 3.26. The van der Waals surface area contributed by atoms with E-state index in [2.05, 4.69) is 20.0 Å². The van der Waals surface area contributed by atoms with Crippen molar-refractivity contribution in [3.63, 3.8) is 0 Å². The summed E-state index contributed by atoms with van der Waals surface area (Å²) in [7, 11) is 2.95. The number of nitrogens with one attached hydrogen (secondary N) is 2. The molecule has 2 aromatic heterocycles. The van der Waals surface area contributed by atoms with Gasteiger partial charge in [-0.15, -0.1) is 0 Å². The smallest absolute Gasteiger partial charge is 0.354 e. The predicted octanol–water partition coefficient (Wildman–Crippen LogP) is 1.49. The van der Waals surface area contributed by atoms with Crippen LogP contribution >= 0.6 is 0 Å². The minimum atomic E-state index is -0.370. The fourth-order valence-corrected chi connectivity index (χ4v) is 1.85. The van der Waals surface area contributed by atoms with E-state index in [-0.39, 0.29) is 5.97 Å². The molecule has 0 aliphatic carbocycles. The van der Waals surface area contributed by atoms with Crippen LogP contribution < -0.4 is 10.1 Å². The van der Waals surface area contributed by atoms with Gasteiger partial charge in [0.05, 0.1) is 14.2 Å². The lowest BCUT2D eigenvalue weighted by Crippen LogP contribution is -2.14. The van der Waals surface area contributed by atoms with Crippen LogP contribution in [0, 0.1) is 0 Å². The normalized spacial score (nSPS) is 10.3. The van der Waals surface area contributed by atoms with Gasteiger partial charge in [-0.05, 0) is 18.2 Å². The molecule has 0 spiro atoms. The third-order valence-corrected chi connectivity index (χ3v) is 2.83. The van der Waals surface area contributed by atoms with E-state index in [0.29, 0.717) is 24.7 Å². The Morgan fingerprint density at radius 2 is 2.15 bits per heavy atom. The summed E-state index contributed by atoms with van der Waals surface area (Å²) in [6.45, 7) is 1.23. The zero-order valence-corrected chi connectivity index (χ0v) is 11.5. The van der Waals surface area contributed by atoms with Gasteiger partial charge in [0.25, 0.3) is 0 Å². The van der Waals surface area contributed by atoms with Crippen LogP contribution in [-0.2, 0) is 17.8 Å². The highest BCUT2D eigenvalue weighted by atomic mass is 16.5. The SMILES string of the molecule is COC(=O)c1ccc(CNCc2cccnc2OC)[nH]1. The standard InChI is InChI=1S/C14H17N3O3/c1-19-13-10(4-3-7-16-13)8-15-9-11-5-6-12(17-11)14(18)20-2/h3-7,15,17H,8-9H2,1-2H3. The van der Waals surface area contributed by atoms with Crippen molar-refractivity contribution in [2.75, 3.05) is 14.2 Å². The van der Waals surface area contributed by atoms with Gasteiger partial charge in [0.2, 0.25) is 5.88 Å². The van der Waals surface area contributed by atoms with Crippen molar-refractivity contribution in [3.8, 4) is 5.88 Å². The number of hydrogen-bond donors (Lipinski definition) is 2. The Morgan fingerprint density at radius 1 is 1.30 bits per heavy atom. The lowest BCUT2D eigenvalue weighted by atomic mass is 10.2. The van der Waals surface area contributed by atoms with E-state index in [1.54, 1.807) is 19.4 Å². The van der Waals surface area contributed by atoms with Gasteiger partial charge in [0.15, 0.2) is 0 Å². The third-order valence-electron chi connectivity index (χ3n) is 2.83. The zero-order chi connectivity index (χ0) is 14.4. The molecule has 106 valence electrons. The Kier molecular flexibility index (Phi) is 4.73. The number of pyridine rings is 1. The molecule has 2 aromatic rings. The van der Waals surface area contributed by atoms with Crippen LogP contribution in [-0.4, -0.2) is 30.2 Å². The molecule has 2 heterocycles. The van der Waals surface area contributed by atoms with Crippen LogP contribution in [0.15, 0.2) is 30.5 Å². The average Bonchev–Trinajstić information content (AvgIpc) is 2.96. The van der Waals surface area contributed by atoms with Crippen molar-refractivity contribution in [1.82, 2.24) is 15.3 Å². The molecule has 0 aromatic carbocycles. The van der Waals surface area contributed by atoms with E-state index < -0.39 is 0 Å². The van der Waals surface area contributed by atoms with Crippen molar-refractivity contribution in [1.29, 1.82) is 0 Å². The van der Waals surface area contributed by atoms with Gasteiger partial charge in [0, 0.05) is 30.5 Å². The van der Waals surface area contributed by atoms with E-state index in [9.17, 15) is 4.79 Å². The highest BCUT2D eigenvalue weighted by Gasteiger charge is 2.08. The van der Waals surface area contributed by atoms with Crippen molar-refractivity contribution < 1.29 is 14.3 Å². The Balaban J connectivity index is 1.89. The second-order valence-electron chi connectivity index (χ2n) is 4.16. The van der Waals surface area contributed by atoms with Crippen LogP contribution in [0.2, 0.25) is 0 Å². The van der Waals surface area contributed by atoms with Crippen molar-refractivity contribution in [2.24, 2.45) is 0 Å². The van der Waals surface area contributed by atoms with Crippen LogP contribution in [0.25, 0.3) is 0 Å². The molecule has 0 amide bonds. The number of hydrogen-bond acceptors (Lipinski definition) is 5. The molecule has 20 heavy (non-hydrogen) atoms. The van der Waals surface area contributed by atoms with Crippen molar-refractivity contribution in [2.45, 2.75) is 13.1 Å². The maximum absolute atomic E-state index is 11.3. The Bertz CT molecular complexity index is 581. The van der Waals surface area contributed by atoms with E-state index >= 15 is 0 Å². The summed E-state index contributed by atoms with van der Waals surface area (Å²) in [6, 6.07) is 7.37. The first-order chi connectivity index (χ1) is 9.74. The number of methoxy groups -OCH3 is 2. The van der Waals surface area contributed by atoms with Gasteiger partial charge in [-0.25, -0.2) is 9.78 Å². The first-order valence-electron chi connectivity index (χ1n) is 6.19. The van der Waals surface area contributed by atoms with Crippen LogP contribution in [0.5, 0.6) is 5.88 Å². The van der Waals surface area contributed by atoms with E-state index in [1.807, 2.05) is 18.2 Å². The van der Waals surface area contributed by atoms with E-state index in [4.69, 9.17) is 4.74 Å². The highest BCUT2D eigenvalue weighted by molar-refractivity contribution is 5.87. The quantitative estimate of drug-likeness (QED) is 0.781. The molecule has 6 heteroatoms. The number of nitrogens with zero attached hydrogens (tertiary/aromatic N) is 1. The minimum absolute atomic E-state index is 0.370. The Labute approximate surface area is 117 Å². The summed E-state index contributed by atoms with van der Waals surface area (Å²) < 4.78 is 9.82. The first kappa shape index (κ1) is 14.1.